The number of likely N-dealkylation sites (tertiary alicyclic amines) is 1. The van der Waals surface area contributed by atoms with Gasteiger partial charge in [0.25, 0.3) is 0 Å². The number of aromatic nitrogens is 2. The zero-order chi connectivity index (χ0) is 15.1. The maximum atomic E-state index is 11.9. The summed E-state index contributed by atoms with van der Waals surface area (Å²) in [6.07, 6.45) is 5.36. The Kier molecular flexibility index (Phi) is 11.3. The first-order valence-corrected chi connectivity index (χ1v) is 7.95. The van der Waals surface area contributed by atoms with Crippen LogP contribution in [0.5, 0.6) is 0 Å². The monoisotopic (exact) mass is 365 g/mol. The molecule has 0 aliphatic carbocycles. The number of carbonyl (C=O) groups excluding carboxylic acids is 1. The van der Waals surface area contributed by atoms with Crippen LogP contribution in [0.3, 0.4) is 0 Å². The van der Waals surface area contributed by atoms with Crippen molar-refractivity contribution >= 4 is 36.5 Å². The minimum atomic E-state index is 0. The van der Waals surface area contributed by atoms with E-state index in [1.54, 1.807) is 6.20 Å². The largest absolute Gasteiger partial charge is 0.320 e. The average Bonchev–Trinajstić information content (AvgIpc) is 2.95. The third-order valence-electron chi connectivity index (χ3n) is 4.12. The maximum absolute atomic E-state index is 11.9. The zero-order valence-electron chi connectivity index (χ0n) is 14.0. The van der Waals surface area contributed by atoms with E-state index in [4.69, 9.17) is 0 Å². The van der Waals surface area contributed by atoms with Crippen molar-refractivity contribution in [2.24, 2.45) is 0 Å². The highest BCUT2D eigenvalue weighted by atomic mass is 35.5. The Balaban J connectivity index is 0.00000242. The van der Waals surface area contributed by atoms with E-state index < -0.39 is 0 Å². The first-order chi connectivity index (χ1) is 10.2. The Bertz CT molecular complexity index is 447. The van der Waals surface area contributed by atoms with E-state index in [1.165, 1.54) is 0 Å². The topological polar surface area (TPSA) is 62.2 Å². The van der Waals surface area contributed by atoms with E-state index in [0.29, 0.717) is 12.5 Å². The number of amides is 1. The fourth-order valence-electron chi connectivity index (χ4n) is 2.82. The van der Waals surface area contributed by atoms with Crippen LogP contribution in [0.2, 0.25) is 0 Å². The Hall–Kier alpha value is -0.820. The first kappa shape index (κ1) is 22.2. The van der Waals surface area contributed by atoms with Crippen molar-refractivity contribution in [2.75, 3.05) is 38.5 Å². The Labute approximate surface area is 151 Å². The molecule has 0 spiro atoms. The van der Waals surface area contributed by atoms with E-state index >= 15 is 0 Å². The molecule has 23 heavy (non-hydrogen) atoms. The number of piperidine rings is 1. The van der Waals surface area contributed by atoms with E-state index in [9.17, 15) is 4.79 Å². The fraction of sp³-hybridized carbons (Fsp3) is 0.733. The minimum Gasteiger partial charge on any atom is -0.320 e. The van der Waals surface area contributed by atoms with Gasteiger partial charge in [-0.15, -0.1) is 24.8 Å². The molecule has 1 aliphatic rings. The maximum Gasteiger partial charge on any atom is 0.225 e. The summed E-state index contributed by atoms with van der Waals surface area (Å²) < 4.78 is 1.99. The normalized spacial score (nSPS) is 15.6. The van der Waals surface area contributed by atoms with Gasteiger partial charge in [-0.25, -0.2) is 4.68 Å². The number of hydrogen-bond donors (Lipinski definition) is 2. The molecule has 2 N–H and O–H groups in total. The molecule has 0 radical (unpaired) electrons. The second kappa shape index (κ2) is 11.7. The molecule has 2 rings (SSSR count). The lowest BCUT2D eigenvalue weighted by Crippen LogP contribution is -2.35. The highest BCUT2D eigenvalue weighted by Crippen LogP contribution is 2.25. The molecule has 1 saturated heterocycles. The molecule has 0 bridgehead atoms. The van der Waals surface area contributed by atoms with Crippen molar-refractivity contribution in [2.45, 2.75) is 38.6 Å². The summed E-state index contributed by atoms with van der Waals surface area (Å²) in [5.74, 6) is 0.900. The van der Waals surface area contributed by atoms with Gasteiger partial charge in [-0.2, -0.15) is 5.10 Å². The molecule has 134 valence electrons. The van der Waals surface area contributed by atoms with Gasteiger partial charge in [0, 0.05) is 25.6 Å². The lowest BCUT2D eigenvalue weighted by molar-refractivity contribution is -0.116. The van der Waals surface area contributed by atoms with Crippen molar-refractivity contribution in [3.63, 3.8) is 0 Å². The van der Waals surface area contributed by atoms with Gasteiger partial charge in [-0.3, -0.25) is 4.79 Å². The fourth-order valence-corrected chi connectivity index (χ4v) is 2.82. The predicted molar refractivity (Wildman–Crippen MR) is 98.9 cm³/mol. The van der Waals surface area contributed by atoms with Crippen LogP contribution >= 0.6 is 24.8 Å². The van der Waals surface area contributed by atoms with Crippen LogP contribution in [-0.4, -0.2) is 53.8 Å². The van der Waals surface area contributed by atoms with Crippen molar-refractivity contribution in [3.05, 3.63) is 12.3 Å². The van der Waals surface area contributed by atoms with Gasteiger partial charge in [-0.1, -0.05) is 6.92 Å². The summed E-state index contributed by atoms with van der Waals surface area (Å²) >= 11 is 0. The molecule has 8 heteroatoms. The predicted octanol–water partition coefficient (Wildman–Crippen LogP) is 2.32. The van der Waals surface area contributed by atoms with Crippen LogP contribution in [0, 0.1) is 0 Å². The molecule has 1 aromatic rings. The van der Waals surface area contributed by atoms with Crippen molar-refractivity contribution in [1.82, 2.24) is 20.0 Å². The molecule has 2 heterocycles. The van der Waals surface area contributed by atoms with Gasteiger partial charge >= 0.3 is 0 Å². The van der Waals surface area contributed by atoms with Crippen LogP contribution in [-0.2, 0) is 4.79 Å². The number of nitrogens with zero attached hydrogens (tertiary/aromatic N) is 3. The second-order valence-corrected chi connectivity index (χ2v) is 5.58. The quantitative estimate of drug-likeness (QED) is 0.727. The van der Waals surface area contributed by atoms with Crippen LogP contribution < -0.4 is 10.6 Å². The number of carbonyl (C=O) groups is 1. The molecule has 1 aromatic heterocycles. The summed E-state index contributed by atoms with van der Waals surface area (Å²) in [4.78, 5) is 14.4. The van der Waals surface area contributed by atoms with E-state index in [0.717, 1.165) is 51.3 Å². The lowest BCUT2D eigenvalue weighted by Gasteiger charge is -2.31. The first-order valence-electron chi connectivity index (χ1n) is 7.95. The summed E-state index contributed by atoms with van der Waals surface area (Å²) in [6, 6.07) is 2.29. The molecular weight excluding hydrogens is 337 g/mol. The van der Waals surface area contributed by atoms with Crippen LogP contribution in [0.15, 0.2) is 12.3 Å². The standard InChI is InChI=1S/C15H27N5O.2ClH/c1-3-19-11-7-13(8-12-19)20-14(6-10-17-20)18-15(21)5-4-9-16-2;;/h6,10,13,16H,3-5,7-9,11-12H2,1-2H3,(H,18,21);2*1H. The Morgan fingerprint density at radius 3 is 2.65 bits per heavy atom. The van der Waals surface area contributed by atoms with Crippen molar-refractivity contribution < 1.29 is 4.79 Å². The molecule has 1 fully saturated rings. The summed E-state index contributed by atoms with van der Waals surface area (Å²) in [7, 11) is 1.90. The Morgan fingerprint density at radius 1 is 1.35 bits per heavy atom. The third-order valence-corrected chi connectivity index (χ3v) is 4.12. The molecule has 0 atom stereocenters. The van der Waals surface area contributed by atoms with Gasteiger partial charge in [0.2, 0.25) is 5.91 Å². The van der Waals surface area contributed by atoms with Gasteiger partial charge in [-0.05, 0) is 39.4 Å². The third kappa shape index (κ3) is 6.67. The second-order valence-electron chi connectivity index (χ2n) is 5.58. The molecular formula is C15H29Cl2N5O. The SMILES string of the molecule is CCN1CCC(n2nccc2NC(=O)CCCNC)CC1.Cl.Cl. The lowest BCUT2D eigenvalue weighted by atomic mass is 10.1. The zero-order valence-corrected chi connectivity index (χ0v) is 15.6. The molecule has 6 nitrogen and oxygen atoms in total. The number of halogens is 2. The molecule has 0 unspecified atom stereocenters. The van der Waals surface area contributed by atoms with E-state index in [1.807, 2.05) is 17.8 Å². The summed E-state index contributed by atoms with van der Waals surface area (Å²) in [5, 5.41) is 10.5. The number of rotatable bonds is 7. The van der Waals surface area contributed by atoms with E-state index in [2.05, 4.69) is 27.6 Å². The van der Waals surface area contributed by atoms with E-state index in [-0.39, 0.29) is 30.7 Å². The summed E-state index contributed by atoms with van der Waals surface area (Å²) in [6.45, 7) is 6.39. The Morgan fingerprint density at radius 2 is 2.04 bits per heavy atom. The summed E-state index contributed by atoms with van der Waals surface area (Å²) in [5.41, 5.74) is 0. The van der Waals surface area contributed by atoms with Gasteiger partial charge in [0.1, 0.15) is 5.82 Å². The van der Waals surface area contributed by atoms with Crippen molar-refractivity contribution in [3.8, 4) is 0 Å². The smallest absolute Gasteiger partial charge is 0.225 e. The molecule has 0 saturated carbocycles. The number of anilines is 1. The van der Waals surface area contributed by atoms with Gasteiger partial charge in [0.05, 0.1) is 12.2 Å². The minimum absolute atomic E-state index is 0. The highest BCUT2D eigenvalue weighted by Gasteiger charge is 2.22. The number of hydrogen-bond acceptors (Lipinski definition) is 4. The molecule has 1 aliphatic heterocycles. The van der Waals surface area contributed by atoms with Gasteiger partial charge in [0.15, 0.2) is 0 Å². The number of nitrogens with one attached hydrogen (secondary N) is 2. The highest BCUT2D eigenvalue weighted by molar-refractivity contribution is 5.89. The van der Waals surface area contributed by atoms with Crippen LogP contribution in [0.25, 0.3) is 0 Å². The van der Waals surface area contributed by atoms with Crippen molar-refractivity contribution in [1.29, 1.82) is 0 Å². The molecule has 1 amide bonds. The van der Waals surface area contributed by atoms with Crippen LogP contribution in [0.1, 0.15) is 38.6 Å². The van der Waals surface area contributed by atoms with Crippen LogP contribution in [0.4, 0.5) is 5.82 Å². The van der Waals surface area contributed by atoms with Gasteiger partial charge < -0.3 is 15.5 Å². The average molecular weight is 366 g/mol. The molecule has 0 aromatic carbocycles.